The molecule has 25 heavy (non-hydrogen) atoms. The first-order chi connectivity index (χ1) is 12.1. The number of rotatable bonds is 14. The molecule has 0 aliphatic heterocycles. The van der Waals surface area contributed by atoms with Crippen molar-refractivity contribution in [2.24, 2.45) is 5.92 Å². The molecule has 1 saturated carbocycles. The van der Waals surface area contributed by atoms with Gasteiger partial charge in [0.05, 0.1) is 6.10 Å². The van der Waals surface area contributed by atoms with Gasteiger partial charge in [-0.05, 0) is 44.6 Å². The molecule has 2 N–H and O–H groups in total. The van der Waals surface area contributed by atoms with E-state index in [1.165, 1.54) is 38.5 Å². The Morgan fingerprint density at radius 3 is 2.24 bits per heavy atom. The molecule has 6 heteroatoms. The molecule has 0 aromatic heterocycles. The molecule has 0 aromatic rings. The van der Waals surface area contributed by atoms with Crippen molar-refractivity contribution >= 4 is 8.80 Å². The molecule has 1 aliphatic carbocycles. The molecule has 1 rings (SSSR count). The topological polar surface area (TPSA) is 60.0 Å². The maximum absolute atomic E-state index is 10.3. The number of hydrogen-bond donors (Lipinski definition) is 2. The maximum atomic E-state index is 10.3. The van der Waals surface area contributed by atoms with E-state index in [4.69, 9.17) is 13.3 Å². The van der Waals surface area contributed by atoms with Crippen molar-refractivity contribution in [3.05, 3.63) is 0 Å². The van der Waals surface area contributed by atoms with Gasteiger partial charge in [0.2, 0.25) is 0 Å². The number of hydrogen-bond acceptors (Lipinski definition) is 5. The number of nitrogens with one attached hydrogen (secondary N) is 1. The van der Waals surface area contributed by atoms with Gasteiger partial charge in [-0.15, -0.1) is 0 Å². The second kappa shape index (κ2) is 13.2. The summed E-state index contributed by atoms with van der Waals surface area (Å²) >= 11 is 0. The lowest BCUT2D eigenvalue weighted by molar-refractivity contribution is 0.0662. The van der Waals surface area contributed by atoms with Gasteiger partial charge in [0, 0.05) is 33.4 Å². The van der Waals surface area contributed by atoms with Crippen LogP contribution >= 0.6 is 0 Å². The van der Waals surface area contributed by atoms with Gasteiger partial charge in [-0.25, -0.2) is 0 Å². The third-order valence-corrected chi connectivity index (χ3v) is 8.42. The first-order valence-corrected chi connectivity index (χ1v) is 12.1. The highest BCUT2D eigenvalue weighted by molar-refractivity contribution is 6.60. The third-order valence-electron chi connectivity index (χ3n) is 5.65. The molecule has 0 bridgehead atoms. The van der Waals surface area contributed by atoms with Gasteiger partial charge < -0.3 is 23.7 Å². The molecule has 1 fully saturated rings. The molecule has 3 atom stereocenters. The zero-order chi connectivity index (χ0) is 18.5. The van der Waals surface area contributed by atoms with Crippen LogP contribution in [-0.2, 0) is 13.3 Å². The van der Waals surface area contributed by atoms with Gasteiger partial charge in [0.25, 0.3) is 0 Å². The SMILES string of the molecule is CCCCCCCCNC1CC(CC[Si](OC)(OC)OC)CCC1O. The lowest BCUT2D eigenvalue weighted by Gasteiger charge is -2.35. The molecule has 1 aliphatic rings. The van der Waals surface area contributed by atoms with Gasteiger partial charge in [-0.2, -0.15) is 0 Å². The summed E-state index contributed by atoms with van der Waals surface area (Å²) in [6.45, 7) is 3.27. The highest BCUT2D eigenvalue weighted by atomic mass is 28.4. The van der Waals surface area contributed by atoms with E-state index >= 15 is 0 Å². The summed E-state index contributed by atoms with van der Waals surface area (Å²) in [6, 6.07) is 1.08. The molecule has 150 valence electrons. The van der Waals surface area contributed by atoms with Crippen LogP contribution in [0, 0.1) is 5.92 Å². The third kappa shape index (κ3) is 8.50. The Hall–Kier alpha value is 0.0169. The standard InChI is InChI=1S/C19H41NO4Si/c1-5-6-7-8-9-10-14-20-18-16-17(11-12-19(18)21)13-15-25(22-2,23-3)24-4/h17-21H,5-16H2,1-4H3. The maximum Gasteiger partial charge on any atom is 0.500 e. The van der Waals surface area contributed by atoms with Gasteiger partial charge in [-0.1, -0.05) is 39.0 Å². The van der Waals surface area contributed by atoms with Crippen LogP contribution in [0.3, 0.4) is 0 Å². The molecule has 0 saturated heterocycles. The Kier molecular flexibility index (Phi) is 12.2. The fourth-order valence-electron chi connectivity index (χ4n) is 3.85. The summed E-state index contributed by atoms with van der Waals surface area (Å²) in [5.41, 5.74) is 0. The summed E-state index contributed by atoms with van der Waals surface area (Å²) in [6.07, 6.45) is 11.7. The van der Waals surface area contributed by atoms with Gasteiger partial charge in [-0.3, -0.25) is 0 Å². The van der Waals surface area contributed by atoms with Gasteiger partial charge in [0.15, 0.2) is 0 Å². The van der Waals surface area contributed by atoms with E-state index in [-0.39, 0.29) is 12.1 Å². The van der Waals surface area contributed by atoms with Gasteiger partial charge in [0.1, 0.15) is 0 Å². The van der Waals surface area contributed by atoms with E-state index in [1.54, 1.807) is 21.3 Å². The highest BCUT2D eigenvalue weighted by Gasteiger charge is 2.39. The van der Waals surface area contributed by atoms with E-state index in [0.29, 0.717) is 5.92 Å². The molecule has 5 nitrogen and oxygen atoms in total. The molecule has 0 heterocycles. The van der Waals surface area contributed by atoms with Gasteiger partial charge >= 0.3 is 8.80 Å². The Balaban J connectivity index is 2.27. The minimum Gasteiger partial charge on any atom is -0.392 e. The van der Waals surface area contributed by atoms with Crippen molar-refractivity contribution in [1.29, 1.82) is 0 Å². The second-order valence-corrected chi connectivity index (χ2v) is 10.5. The van der Waals surface area contributed by atoms with E-state index in [9.17, 15) is 5.11 Å². The monoisotopic (exact) mass is 375 g/mol. The van der Waals surface area contributed by atoms with Crippen LogP contribution in [0.1, 0.15) is 71.1 Å². The average Bonchev–Trinajstić information content (AvgIpc) is 2.64. The first-order valence-electron chi connectivity index (χ1n) is 10.2. The smallest absolute Gasteiger partial charge is 0.392 e. The summed E-state index contributed by atoms with van der Waals surface area (Å²) < 4.78 is 16.6. The van der Waals surface area contributed by atoms with Crippen molar-refractivity contribution in [2.45, 2.75) is 89.3 Å². The molecule has 0 radical (unpaired) electrons. The fourth-order valence-corrected chi connectivity index (χ4v) is 5.73. The fraction of sp³-hybridized carbons (Fsp3) is 1.00. The number of aliphatic hydroxyl groups excluding tert-OH is 1. The first kappa shape index (κ1) is 23.1. The van der Waals surface area contributed by atoms with Crippen LogP contribution in [-0.4, -0.2) is 53.9 Å². The van der Waals surface area contributed by atoms with Crippen LogP contribution in [0.25, 0.3) is 0 Å². The number of aliphatic hydroxyl groups is 1. The Morgan fingerprint density at radius 2 is 1.60 bits per heavy atom. The van der Waals surface area contributed by atoms with Crippen molar-refractivity contribution in [1.82, 2.24) is 5.32 Å². The molecule has 3 unspecified atom stereocenters. The molecule has 0 aromatic carbocycles. The predicted octanol–water partition coefficient (Wildman–Crippen LogP) is 3.73. The van der Waals surface area contributed by atoms with Crippen molar-refractivity contribution in [3.8, 4) is 0 Å². The highest BCUT2D eigenvalue weighted by Crippen LogP contribution is 2.31. The van der Waals surface area contributed by atoms with E-state index in [2.05, 4.69) is 12.2 Å². The van der Waals surface area contributed by atoms with Crippen LogP contribution in [0.5, 0.6) is 0 Å². The minimum atomic E-state index is -2.47. The minimum absolute atomic E-state index is 0.203. The summed E-state index contributed by atoms with van der Waals surface area (Å²) in [5, 5.41) is 13.9. The van der Waals surface area contributed by atoms with Crippen LogP contribution in [0.15, 0.2) is 0 Å². The van der Waals surface area contributed by atoms with E-state index in [0.717, 1.165) is 38.3 Å². The molecule has 0 amide bonds. The predicted molar refractivity (Wildman–Crippen MR) is 105 cm³/mol. The van der Waals surface area contributed by atoms with E-state index in [1.807, 2.05) is 0 Å². The summed E-state index contributed by atoms with van der Waals surface area (Å²) in [7, 11) is 2.56. The Morgan fingerprint density at radius 1 is 0.960 bits per heavy atom. The lowest BCUT2D eigenvalue weighted by Crippen LogP contribution is -2.46. The number of unbranched alkanes of at least 4 members (excludes halogenated alkanes) is 5. The Labute approximate surface area is 156 Å². The van der Waals surface area contributed by atoms with E-state index < -0.39 is 8.80 Å². The van der Waals surface area contributed by atoms with Crippen LogP contribution in [0.4, 0.5) is 0 Å². The molecule has 0 spiro atoms. The van der Waals surface area contributed by atoms with Crippen LogP contribution in [0.2, 0.25) is 6.04 Å². The average molecular weight is 376 g/mol. The van der Waals surface area contributed by atoms with Crippen molar-refractivity contribution < 1.29 is 18.4 Å². The molecular formula is C19H41NO4Si. The van der Waals surface area contributed by atoms with Crippen LogP contribution < -0.4 is 5.32 Å². The normalized spacial score (nSPS) is 24.6. The lowest BCUT2D eigenvalue weighted by atomic mass is 9.82. The Bertz CT molecular complexity index is 320. The largest absolute Gasteiger partial charge is 0.500 e. The zero-order valence-electron chi connectivity index (χ0n) is 16.9. The second-order valence-electron chi connectivity index (χ2n) is 7.41. The summed E-state index contributed by atoms with van der Waals surface area (Å²) in [5.74, 6) is 0.609. The zero-order valence-corrected chi connectivity index (χ0v) is 17.9. The summed E-state index contributed by atoms with van der Waals surface area (Å²) in [4.78, 5) is 0. The van der Waals surface area contributed by atoms with Crippen molar-refractivity contribution in [3.63, 3.8) is 0 Å². The quantitative estimate of drug-likeness (QED) is 0.358. The molecular weight excluding hydrogens is 334 g/mol. The van der Waals surface area contributed by atoms with Crippen molar-refractivity contribution in [2.75, 3.05) is 27.9 Å².